The van der Waals surface area contributed by atoms with Gasteiger partial charge in [-0.1, -0.05) is 53.6 Å². The number of unbranched alkanes of at least 4 members (excludes halogenated alkanes) is 3. The number of nitrogens with zero attached hydrogens (tertiary/aromatic N) is 2. The first-order valence-corrected chi connectivity index (χ1v) is 19.2. The number of cyclic esters (lactones) is 1. The molecule has 0 saturated heterocycles. The maximum atomic E-state index is 13.7. The molecule has 47 heavy (non-hydrogen) atoms. The molecule has 5 rings (SSSR count). The van der Waals surface area contributed by atoms with Gasteiger partial charge in [0, 0.05) is 29.5 Å². The zero-order valence-electron chi connectivity index (χ0n) is 27.9. The van der Waals surface area contributed by atoms with Crippen LogP contribution in [0, 0.1) is 0 Å². The highest BCUT2D eigenvalue weighted by Gasteiger charge is 2.46. The van der Waals surface area contributed by atoms with E-state index in [9.17, 15) is 24.3 Å². The third kappa shape index (κ3) is 6.19. The molecule has 0 bridgehead atoms. The minimum atomic E-state index is -2.35. The van der Waals surface area contributed by atoms with Gasteiger partial charge in [0.2, 0.25) is 5.91 Å². The van der Waals surface area contributed by atoms with Crippen molar-refractivity contribution >= 4 is 42.1 Å². The Hall–Kier alpha value is -4.07. The smallest absolute Gasteiger partial charge is 0.412 e. The van der Waals surface area contributed by atoms with E-state index in [0.717, 1.165) is 35.4 Å². The zero-order chi connectivity index (χ0) is 34.3. The number of aliphatic hydroxyl groups is 1. The van der Waals surface area contributed by atoms with Crippen LogP contribution in [0.3, 0.4) is 0 Å². The van der Waals surface area contributed by atoms with Crippen molar-refractivity contribution in [2.45, 2.75) is 103 Å². The molecule has 4 heterocycles. The highest BCUT2D eigenvalue weighted by molar-refractivity contribution is 6.94. The Labute approximate surface area is 274 Å². The largest absolute Gasteiger partial charge is 0.458 e. The fraction of sp³-hybridized carbons (Fsp3) is 0.500. The van der Waals surface area contributed by atoms with Gasteiger partial charge >= 0.3 is 12.1 Å². The predicted octanol–water partition coefficient (Wildman–Crippen LogP) is 4.34. The summed E-state index contributed by atoms with van der Waals surface area (Å²) in [5, 5.41) is 24.3. The summed E-state index contributed by atoms with van der Waals surface area (Å²) >= 11 is 0. The van der Waals surface area contributed by atoms with Crippen LogP contribution in [0.1, 0.15) is 82.9 Å². The number of pyridine rings is 2. The molecule has 1 atom stereocenters. The van der Waals surface area contributed by atoms with Gasteiger partial charge < -0.3 is 24.5 Å². The summed E-state index contributed by atoms with van der Waals surface area (Å²) in [5.41, 5.74) is 2.61. The number of rotatable bonds is 10. The monoisotopic (exact) mass is 664 g/mol. The lowest BCUT2D eigenvalue weighted by Gasteiger charge is -2.38. The molecule has 4 N–H and O–H groups in total. The van der Waals surface area contributed by atoms with E-state index < -0.39 is 31.6 Å². The molecule has 2 aliphatic rings. The van der Waals surface area contributed by atoms with Gasteiger partial charge in [0.05, 0.1) is 37.1 Å². The minimum Gasteiger partial charge on any atom is -0.458 e. The molecular formula is C34H44N4O8Si. The van der Waals surface area contributed by atoms with Crippen LogP contribution in [0.5, 0.6) is 5.75 Å². The van der Waals surface area contributed by atoms with Gasteiger partial charge in [-0.25, -0.2) is 20.1 Å². The summed E-state index contributed by atoms with van der Waals surface area (Å²) in [6.45, 7) is 13.2. The zero-order valence-corrected chi connectivity index (χ0v) is 28.9. The molecule has 1 unspecified atom stereocenters. The van der Waals surface area contributed by atoms with Gasteiger partial charge in [0.15, 0.2) is 5.60 Å². The summed E-state index contributed by atoms with van der Waals surface area (Å²) in [5.74, 6) is -0.693. The van der Waals surface area contributed by atoms with Crippen molar-refractivity contribution in [1.29, 1.82) is 0 Å². The molecule has 2 aromatic heterocycles. The number of ether oxygens (including phenoxy) is 2. The van der Waals surface area contributed by atoms with E-state index in [2.05, 4.69) is 39.2 Å². The van der Waals surface area contributed by atoms with Gasteiger partial charge in [-0.15, -0.1) is 0 Å². The number of amides is 2. The second-order valence-corrected chi connectivity index (χ2v) is 19.2. The lowest BCUT2D eigenvalue weighted by Crippen LogP contribution is -2.50. The molecule has 0 radical (unpaired) electrons. The molecule has 0 spiro atoms. The quantitative estimate of drug-likeness (QED) is 0.0634. The number of hydrogen-bond acceptors (Lipinski definition) is 9. The number of esters is 1. The van der Waals surface area contributed by atoms with Gasteiger partial charge in [0.1, 0.15) is 12.4 Å². The first-order valence-electron chi connectivity index (χ1n) is 16.2. The number of benzene rings is 1. The van der Waals surface area contributed by atoms with E-state index in [1.54, 1.807) is 29.1 Å². The van der Waals surface area contributed by atoms with Gasteiger partial charge in [-0.3, -0.25) is 14.8 Å². The SMILES string of the molecule is CCC1(O)C(=O)OCc2c1cc1n(c2=O)Cc2cc3c([Si](C)(C)C(C)(C)C)c(OC(=O)NCCCCCCC(=O)NO)ccc3nc2-1. The predicted molar refractivity (Wildman–Crippen MR) is 178 cm³/mol. The molecule has 2 amide bonds. The van der Waals surface area contributed by atoms with Crippen molar-refractivity contribution in [3.05, 3.63) is 51.3 Å². The van der Waals surface area contributed by atoms with Crippen molar-refractivity contribution in [2.24, 2.45) is 0 Å². The summed E-state index contributed by atoms with van der Waals surface area (Å²) in [7, 11) is -2.35. The molecule has 252 valence electrons. The van der Waals surface area contributed by atoms with E-state index in [4.69, 9.17) is 19.7 Å². The molecule has 3 aromatic rings. The molecule has 13 heteroatoms. The Morgan fingerprint density at radius 3 is 2.53 bits per heavy atom. The van der Waals surface area contributed by atoms with Crippen LogP contribution in [0.2, 0.25) is 18.1 Å². The van der Waals surface area contributed by atoms with Crippen LogP contribution >= 0.6 is 0 Å². The normalized spacial score (nSPS) is 17.1. The number of hydroxylamine groups is 1. The van der Waals surface area contributed by atoms with E-state index >= 15 is 0 Å². The molecular weight excluding hydrogens is 620 g/mol. The number of fused-ring (bicyclic) bond motifs is 5. The van der Waals surface area contributed by atoms with Crippen LogP contribution < -0.4 is 26.3 Å². The Morgan fingerprint density at radius 2 is 1.85 bits per heavy atom. The summed E-state index contributed by atoms with van der Waals surface area (Å²) in [6.07, 6.45) is 2.75. The van der Waals surface area contributed by atoms with Crippen LogP contribution in [0.4, 0.5) is 4.79 Å². The van der Waals surface area contributed by atoms with E-state index in [1.165, 1.54) is 0 Å². The van der Waals surface area contributed by atoms with Crippen LogP contribution in [0.25, 0.3) is 22.3 Å². The molecule has 12 nitrogen and oxygen atoms in total. The van der Waals surface area contributed by atoms with Crippen LogP contribution in [0.15, 0.2) is 29.1 Å². The van der Waals surface area contributed by atoms with Gasteiger partial charge in [0.25, 0.3) is 5.56 Å². The number of aromatic nitrogens is 2. The molecule has 0 aliphatic carbocycles. The van der Waals surface area contributed by atoms with Gasteiger partial charge in [-0.05, 0) is 53.8 Å². The molecule has 0 saturated carbocycles. The topological polar surface area (TPSA) is 169 Å². The molecule has 1 aromatic carbocycles. The van der Waals surface area contributed by atoms with Crippen molar-refractivity contribution < 1.29 is 34.2 Å². The van der Waals surface area contributed by atoms with Gasteiger partial charge in [-0.2, -0.15) is 0 Å². The molecule has 2 aliphatic heterocycles. The summed E-state index contributed by atoms with van der Waals surface area (Å²) < 4.78 is 12.8. The fourth-order valence-corrected chi connectivity index (χ4v) is 8.66. The van der Waals surface area contributed by atoms with Crippen molar-refractivity contribution in [3.8, 4) is 17.1 Å². The third-order valence-electron chi connectivity index (χ3n) is 10.1. The second kappa shape index (κ2) is 12.9. The number of hydrogen-bond donors (Lipinski definition) is 4. The number of carbonyl (C=O) groups excluding carboxylic acids is 3. The van der Waals surface area contributed by atoms with Crippen molar-refractivity contribution in [3.63, 3.8) is 0 Å². The fourth-order valence-electron chi connectivity index (χ4n) is 6.28. The lowest BCUT2D eigenvalue weighted by molar-refractivity contribution is -0.172. The maximum Gasteiger partial charge on any atom is 0.412 e. The Morgan fingerprint density at radius 1 is 1.13 bits per heavy atom. The van der Waals surface area contributed by atoms with Crippen molar-refractivity contribution in [2.75, 3.05) is 6.54 Å². The van der Waals surface area contributed by atoms with E-state index in [1.807, 2.05) is 12.1 Å². The Kier molecular flexibility index (Phi) is 9.37. The molecule has 0 fully saturated rings. The third-order valence-corrected chi connectivity index (χ3v) is 15.6. The van der Waals surface area contributed by atoms with E-state index in [0.29, 0.717) is 35.6 Å². The standard InChI is InChI=1S/C34H44N4O8Si/c1-7-34(43)23-17-25-28-20(18-38(25)30(40)22(23)19-45-31(34)41)16-21-24(36-28)13-14-26(29(21)47(5,6)33(2,3)4)46-32(42)35-15-11-9-8-10-12-27(39)37-44/h13-14,16-17,43-44H,7-12,15,18-19H2,1-6H3,(H,35,42)(H,37,39). The summed E-state index contributed by atoms with van der Waals surface area (Å²) in [4.78, 5) is 55.4. The average molecular weight is 665 g/mol. The first-order chi connectivity index (χ1) is 22.1. The van der Waals surface area contributed by atoms with E-state index in [-0.39, 0.29) is 47.7 Å². The highest BCUT2D eigenvalue weighted by Crippen LogP contribution is 2.42. The second-order valence-electron chi connectivity index (χ2n) is 14.0. The Balaban J connectivity index is 1.47. The Bertz CT molecular complexity index is 1810. The maximum absolute atomic E-state index is 13.7. The average Bonchev–Trinajstić information content (AvgIpc) is 3.38. The highest BCUT2D eigenvalue weighted by atomic mass is 28.3. The number of carbonyl (C=O) groups is 3. The number of nitrogens with one attached hydrogen (secondary N) is 2. The van der Waals surface area contributed by atoms with Crippen LogP contribution in [-0.4, -0.2) is 52.5 Å². The van der Waals surface area contributed by atoms with Crippen LogP contribution in [-0.2, 0) is 33.1 Å². The van der Waals surface area contributed by atoms with Crippen molar-refractivity contribution in [1.82, 2.24) is 20.3 Å². The first kappa shape index (κ1) is 34.3. The minimum absolute atomic E-state index is 0.0669. The summed E-state index contributed by atoms with van der Waals surface area (Å²) in [6, 6.07) is 7.34. The lowest BCUT2D eigenvalue weighted by atomic mass is 9.86.